The van der Waals surface area contributed by atoms with Crippen LogP contribution in [0.1, 0.15) is 45.8 Å². The predicted octanol–water partition coefficient (Wildman–Crippen LogP) is 7.02. The molecule has 3 heterocycles. The molecular weight excluding hydrogens is 820 g/mol. The predicted molar refractivity (Wildman–Crippen MR) is 204 cm³/mol. The van der Waals surface area contributed by atoms with Crippen molar-refractivity contribution < 1.29 is 56.8 Å². The number of nitrogens with one attached hydrogen (secondary N) is 1. The smallest absolute Gasteiger partial charge is 0.417 e. The maximum absolute atomic E-state index is 15.5. The van der Waals surface area contributed by atoms with E-state index in [4.69, 9.17) is 32.7 Å². The van der Waals surface area contributed by atoms with Crippen LogP contribution in [0.3, 0.4) is 0 Å². The van der Waals surface area contributed by atoms with E-state index in [1.54, 1.807) is 18.2 Å². The molecule has 2 aliphatic carbocycles. The lowest BCUT2D eigenvalue weighted by atomic mass is 9.49. The Bertz CT molecular complexity index is 2490. The number of aromatic carboxylic acids is 1. The van der Waals surface area contributed by atoms with Crippen LogP contribution in [0.15, 0.2) is 84.6 Å². The summed E-state index contributed by atoms with van der Waals surface area (Å²) >= 11 is 12.6. The van der Waals surface area contributed by atoms with Crippen LogP contribution in [-0.4, -0.2) is 64.0 Å². The number of carboxylic acid groups (broad SMARTS) is 1. The first kappa shape index (κ1) is 39.7. The fourth-order valence-corrected chi connectivity index (χ4v) is 9.67. The number of halogens is 5. The van der Waals surface area contributed by atoms with Crippen molar-refractivity contribution in [3.63, 3.8) is 0 Å². The zero-order chi connectivity index (χ0) is 42.3. The van der Waals surface area contributed by atoms with E-state index in [9.17, 15) is 37.8 Å². The molecule has 0 spiro atoms. The average Bonchev–Trinajstić information content (AvgIpc) is 3.58. The lowest BCUT2D eigenvalue weighted by Crippen LogP contribution is -2.53. The number of aromatic hydroxyl groups is 1. The number of aromatic nitrogens is 1. The number of alkyl halides is 3. The lowest BCUT2D eigenvalue weighted by molar-refractivity contribution is -0.139. The van der Waals surface area contributed by atoms with Gasteiger partial charge >= 0.3 is 12.1 Å². The maximum atomic E-state index is 15.5. The molecule has 2 aliphatic heterocycles. The Morgan fingerprint density at radius 3 is 2.22 bits per heavy atom. The number of anilines is 2. The van der Waals surface area contributed by atoms with Crippen molar-refractivity contribution >= 4 is 64.3 Å². The molecule has 3 N–H and O–H groups in total. The van der Waals surface area contributed by atoms with Gasteiger partial charge in [-0.3, -0.25) is 29.5 Å². The molecule has 13 nitrogen and oxygen atoms in total. The van der Waals surface area contributed by atoms with Crippen molar-refractivity contribution in [2.45, 2.75) is 30.4 Å². The molecule has 3 fully saturated rings. The summed E-state index contributed by atoms with van der Waals surface area (Å²) in [4.78, 5) is 75.9. The number of carbonyl (C=O) groups is 5. The minimum atomic E-state index is -4.80. The molecule has 2 saturated heterocycles. The van der Waals surface area contributed by atoms with Crippen molar-refractivity contribution in [1.82, 2.24) is 9.99 Å². The zero-order valence-electron chi connectivity index (χ0n) is 30.8. The Balaban J connectivity index is 1.35. The van der Waals surface area contributed by atoms with E-state index >= 15 is 9.59 Å². The highest BCUT2D eigenvalue weighted by molar-refractivity contribution is 6.33. The highest BCUT2D eigenvalue weighted by atomic mass is 35.5. The average molecular weight is 852 g/mol. The third-order valence-electron chi connectivity index (χ3n) is 11.7. The standard InChI is InChI=1S/C41H31Cl2F3N4O9/c1-58-29-14-23(51)15-30(59-2)32(29)33-24-10-11-25-31(37(54)49(35(25)52)22-5-3-4-18(12-22)38(55)56)26(24)16-27-36(53)50(39(57)40(27,33)19-6-8-21(42)9-7-19)48-34-28(43)13-20(17-47-34)41(44,45)46/h3-10,12-15,17,25-27,31,33,51H,11,16H2,1-2H3,(H,47,48)(H,55,56). The second-order valence-corrected chi connectivity index (χ2v) is 15.4. The van der Waals surface area contributed by atoms with Gasteiger partial charge in [-0.15, -0.1) is 0 Å². The molecule has 1 saturated carbocycles. The Hall–Kier alpha value is -6.13. The van der Waals surface area contributed by atoms with Gasteiger partial charge in [0.25, 0.3) is 11.8 Å². The van der Waals surface area contributed by atoms with Gasteiger partial charge in [0.15, 0.2) is 5.82 Å². The number of nitrogens with zero attached hydrogens (tertiary/aromatic N) is 3. The Morgan fingerprint density at radius 2 is 1.61 bits per heavy atom. The van der Waals surface area contributed by atoms with Crippen molar-refractivity contribution in [3.05, 3.63) is 117 Å². The van der Waals surface area contributed by atoms with Gasteiger partial charge in [-0.25, -0.2) is 9.78 Å². The van der Waals surface area contributed by atoms with E-state index in [-0.39, 0.29) is 52.5 Å². The summed E-state index contributed by atoms with van der Waals surface area (Å²) in [6, 6.07) is 14.7. The van der Waals surface area contributed by atoms with Gasteiger partial charge in [0.05, 0.1) is 59.2 Å². The van der Waals surface area contributed by atoms with Crippen LogP contribution in [0, 0.1) is 23.7 Å². The maximum Gasteiger partial charge on any atom is 0.417 e. The number of hydrogen-bond donors (Lipinski definition) is 3. The van der Waals surface area contributed by atoms with E-state index in [0.717, 1.165) is 4.90 Å². The van der Waals surface area contributed by atoms with Gasteiger partial charge < -0.3 is 19.7 Å². The van der Waals surface area contributed by atoms with Crippen LogP contribution in [-0.2, 0) is 30.8 Å². The molecular formula is C41H31Cl2F3N4O9. The van der Waals surface area contributed by atoms with E-state index in [1.807, 2.05) is 0 Å². The van der Waals surface area contributed by atoms with Gasteiger partial charge in [0.1, 0.15) is 17.2 Å². The number of benzene rings is 3. The second kappa shape index (κ2) is 14.3. The number of hydrazine groups is 1. The number of hydrogen-bond acceptors (Lipinski definition) is 10. The van der Waals surface area contributed by atoms with Gasteiger partial charge in [0.2, 0.25) is 11.8 Å². The summed E-state index contributed by atoms with van der Waals surface area (Å²) in [5, 5.41) is 20.8. The first-order valence-electron chi connectivity index (χ1n) is 18.0. The molecule has 4 aliphatic rings. The van der Waals surface area contributed by atoms with E-state index < -0.39 is 87.2 Å². The lowest BCUT2D eigenvalue weighted by Gasteiger charge is -2.51. The molecule has 8 rings (SSSR count). The van der Waals surface area contributed by atoms with Crippen LogP contribution in [0.4, 0.5) is 24.7 Å². The first-order valence-corrected chi connectivity index (χ1v) is 18.8. The van der Waals surface area contributed by atoms with Crippen LogP contribution in [0.2, 0.25) is 10.0 Å². The number of amides is 4. The van der Waals surface area contributed by atoms with E-state index in [1.165, 1.54) is 62.8 Å². The Labute approximate surface area is 342 Å². The number of methoxy groups -OCH3 is 2. The molecule has 0 radical (unpaired) electrons. The van der Waals surface area contributed by atoms with E-state index in [2.05, 4.69) is 10.4 Å². The minimum absolute atomic E-state index is 0.00591. The summed E-state index contributed by atoms with van der Waals surface area (Å²) in [6.45, 7) is 0. The molecule has 304 valence electrons. The van der Waals surface area contributed by atoms with Crippen LogP contribution < -0.4 is 19.8 Å². The number of rotatable bonds is 8. The topological polar surface area (TPSA) is 176 Å². The quantitative estimate of drug-likeness (QED) is 0.123. The minimum Gasteiger partial charge on any atom is -0.508 e. The van der Waals surface area contributed by atoms with Gasteiger partial charge in [0, 0.05) is 34.8 Å². The number of fused-ring (bicyclic) bond motifs is 4. The summed E-state index contributed by atoms with van der Waals surface area (Å²) in [6.07, 6.45) is -2.73. The normalized spacial score (nSPS) is 25.0. The number of phenols is 1. The van der Waals surface area contributed by atoms with Crippen molar-refractivity contribution in [2.75, 3.05) is 24.5 Å². The number of phenolic OH excluding ortho intramolecular Hbond substituents is 1. The number of imide groups is 2. The summed E-state index contributed by atoms with van der Waals surface area (Å²) in [5.74, 6) is -10.3. The second-order valence-electron chi connectivity index (χ2n) is 14.5. The first-order chi connectivity index (χ1) is 28.0. The Kier molecular flexibility index (Phi) is 9.62. The fraction of sp³-hybridized carbons (Fsp3) is 0.268. The number of carbonyl (C=O) groups excluding carboxylic acids is 4. The third-order valence-corrected chi connectivity index (χ3v) is 12.3. The largest absolute Gasteiger partial charge is 0.508 e. The number of ether oxygens (including phenoxy) is 2. The molecule has 3 aromatic carbocycles. The number of pyridine rings is 1. The molecule has 59 heavy (non-hydrogen) atoms. The van der Waals surface area contributed by atoms with Gasteiger partial charge in [-0.05, 0) is 60.7 Å². The van der Waals surface area contributed by atoms with Crippen LogP contribution in [0.25, 0.3) is 0 Å². The van der Waals surface area contributed by atoms with E-state index in [0.29, 0.717) is 27.9 Å². The van der Waals surface area contributed by atoms with Gasteiger partial charge in [-0.1, -0.05) is 53.1 Å². The molecule has 18 heteroatoms. The molecule has 4 aromatic rings. The number of carboxylic acids is 1. The number of allylic oxidation sites excluding steroid dienone is 2. The molecule has 0 bridgehead atoms. The third kappa shape index (κ3) is 6.06. The highest BCUT2D eigenvalue weighted by Gasteiger charge is 2.71. The molecule has 1 aromatic heterocycles. The Morgan fingerprint density at radius 1 is 0.932 bits per heavy atom. The highest BCUT2D eigenvalue weighted by Crippen LogP contribution is 2.66. The van der Waals surface area contributed by atoms with Crippen molar-refractivity contribution in [1.29, 1.82) is 0 Å². The SMILES string of the molecule is COc1cc(O)cc(OC)c1C1C2=CCC3C(=O)N(c4cccc(C(=O)O)c4)C(=O)C3C2CC2C(=O)N(Nc3ncc(C(F)(F)F)cc3Cl)C(=O)C21c1ccc(Cl)cc1. The van der Waals surface area contributed by atoms with Crippen LogP contribution in [0.5, 0.6) is 17.2 Å². The molecule has 6 unspecified atom stereocenters. The summed E-state index contributed by atoms with van der Waals surface area (Å²) in [7, 11) is 2.65. The van der Waals surface area contributed by atoms with Crippen LogP contribution >= 0.6 is 23.2 Å². The molecule has 6 atom stereocenters. The fourth-order valence-electron chi connectivity index (χ4n) is 9.34. The van der Waals surface area contributed by atoms with Crippen molar-refractivity contribution in [3.8, 4) is 17.2 Å². The monoisotopic (exact) mass is 850 g/mol. The summed E-state index contributed by atoms with van der Waals surface area (Å²) in [5.41, 5.74) is 0.322. The zero-order valence-corrected chi connectivity index (χ0v) is 32.3. The molecule has 4 amide bonds. The van der Waals surface area contributed by atoms with Crippen molar-refractivity contribution in [2.24, 2.45) is 23.7 Å². The van der Waals surface area contributed by atoms with Gasteiger partial charge in [-0.2, -0.15) is 18.2 Å². The summed E-state index contributed by atoms with van der Waals surface area (Å²) < 4.78 is 52.3.